The number of carbonyl (C=O) groups is 1. The molecule has 2 aliphatic rings. The first kappa shape index (κ1) is 18.4. The average molecular weight is 344 g/mol. The number of benzene rings is 1. The number of nitrogens with one attached hydrogen (secondary N) is 1. The number of hydrogen-bond acceptors (Lipinski definition) is 3. The summed E-state index contributed by atoms with van der Waals surface area (Å²) < 4.78 is 0. The standard InChI is InChI=1S/C21H33N3O/c1-17-8-6-7-11-20(17)22-21(25)18(2)24-14-12-23(13-15-24)16-19-9-4-3-5-10-19/h3-5,9-10,17-18,20H,6-8,11-16H2,1-2H3,(H,22,25)/t17-,18-,20+/m1/s1. The highest BCUT2D eigenvalue weighted by atomic mass is 16.2. The molecule has 1 saturated heterocycles. The first-order valence-corrected chi connectivity index (χ1v) is 9.94. The van der Waals surface area contributed by atoms with Crippen LogP contribution in [0, 0.1) is 5.92 Å². The molecule has 2 fully saturated rings. The van der Waals surface area contributed by atoms with Gasteiger partial charge < -0.3 is 5.32 Å². The molecule has 138 valence electrons. The van der Waals surface area contributed by atoms with Gasteiger partial charge in [-0.05, 0) is 31.2 Å². The highest BCUT2D eigenvalue weighted by Crippen LogP contribution is 2.24. The van der Waals surface area contributed by atoms with Crippen molar-refractivity contribution in [2.24, 2.45) is 5.92 Å². The minimum absolute atomic E-state index is 0.0204. The molecule has 1 amide bonds. The molecule has 25 heavy (non-hydrogen) atoms. The van der Waals surface area contributed by atoms with E-state index in [-0.39, 0.29) is 11.9 Å². The number of carbonyl (C=O) groups excluding carboxylic acids is 1. The van der Waals surface area contributed by atoms with Crippen molar-refractivity contribution in [2.45, 2.75) is 58.2 Å². The van der Waals surface area contributed by atoms with Gasteiger partial charge >= 0.3 is 0 Å². The van der Waals surface area contributed by atoms with Gasteiger partial charge in [0.25, 0.3) is 0 Å². The van der Waals surface area contributed by atoms with Crippen LogP contribution in [0.2, 0.25) is 0 Å². The van der Waals surface area contributed by atoms with Crippen molar-refractivity contribution in [2.75, 3.05) is 26.2 Å². The van der Waals surface area contributed by atoms with Gasteiger partial charge in [-0.1, -0.05) is 50.1 Å². The molecule has 0 bridgehead atoms. The third kappa shape index (κ3) is 5.05. The Kier molecular flexibility index (Phi) is 6.49. The van der Waals surface area contributed by atoms with Crippen molar-refractivity contribution >= 4 is 5.91 Å². The fraction of sp³-hybridized carbons (Fsp3) is 0.667. The fourth-order valence-electron chi connectivity index (χ4n) is 4.15. The van der Waals surface area contributed by atoms with E-state index in [1.165, 1.54) is 24.8 Å². The topological polar surface area (TPSA) is 35.6 Å². The van der Waals surface area contributed by atoms with E-state index in [1.807, 2.05) is 0 Å². The molecule has 4 nitrogen and oxygen atoms in total. The molecule has 0 radical (unpaired) electrons. The SMILES string of the molecule is C[C@@H]1CCCC[C@@H]1NC(=O)[C@@H](C)N1CCN(Cc2ccccc2)CC1. The highest BCUT2D eigenvalue weighted by molar-refractivity contribution is 5.81. The Hall–Kier alpha value is -1.39. The van der Waals surface area contributed by atoms with E-state index in [4.69, 9.17) is 0 Å². The van der Waals surface area contributed by atoms with E-state index in [1.54, 1.807) is 0 Å². The predicted molar refractivity (Wildman–Crippen MR) is 102 cm³/mol. The maximum absolute atomic E-state index is 12.7. The summed E-state index contributed by atoms with van der Waals surface area (Å²) in [4.78, 5) is 17.5. The molecule has 0 aromatic heterocycles. The predicted octanol–water partition coefficient (Wildman–Crippen LogP) is 2.89. The van der Waals surface area contributed by atoms with E-state index >= 15 is 0 Å². The molecular formula is C21H33N3O. The van der Waals surface area contributed by atoms with Crippen LogP contribution in [-0.4, -0.2) is 54.0 Å². The zero-order valence-corrected chi connectivity index (χ0v) is 15.8. The molecule has 0 spiro atoms. The van der Waals surface area contributed by atoms with E-state index in [0.29, 0.717) is 12.0 Å². The van der Waals surface area contributed by atoms with Crippen LogP contribution in [0.25, 0.3) is 0 Å². The number of amides is 1. The Morgan fingerprint density at radius 2 is 1.80 bits per heavy atom. The van der Waals surface area contributed by atoms with Crippen LogP contribution in [0.3, 0.4) is 0 Å². The van der Waals surface area contributed by atoms with Crippen LogP contribution >= 0.6 is 0 Å². The second-order valence-corrected chi connectivity index (χ2v) is 7.85. The van der Waals surface area contributed by atoms with Crippen molar-refractivity contribution in [3.8, 4) is 0 Å². The lowest BCUT2D eigenvalue weighted by molar-refractivity contribution is -0.127. The smallest absolute Gasteiger partial charge is 0.237 e. The van der Waals surface area contributed by atoms with Gasteiger partial charge in [-0.15, -0.1) is 0 Å². The van der Waals surface area contributed by atoms with Gasteiger partial charge in [-0.25, -0.2) is 0 Å². The molecule has 3 rings (SSSR count). The average Bonchev–Trinajstić information content (AvgIpc) is 2.64. The van der Waals surface area contributed by atoms with Gasteiger partial charge in [0.15, 0.2) is 0 Å². The molecule has 4 heteroatoms. The second-order valence-electron chi connectivity index (χ2n) is 7.85. The Balaban J connectivity index is 1.44. The zero-order chi connectivity index (χ0) is 17.6. The van der Waals surface area contributed by atoms with Gasteiger partial charge in [0.05, 0.1) is 6.04 Å². The van der Waals surface area contributed by atoms with Crippen molar-refractivity contribution in [3.63, 3.8) is 0 Å². The summed E-state index contributed by atoms with van der Waals surface area (Å²) in [6, 6.07) is 11.0. The maximum Gasteiger partial charge on any atom is 0.237 e. The summed E-state index contributed by atoms with van der Waals surface area (Å²) in [6.45, 7) is 9.36. The highest BCUT2D eigenvalue weighted by Gasteiger charge is 2.29. The monoisotopic (exact) mass is 343 g/mol. The quantitative estimate of drug-likeness (QED) is 0.893. The van der Waals surface area contributed by atoms with Crippen LogP contribution in [0.15, 0.2) is 30.3 Å². The molecule has 1 N–H and O–H groups in total. The summed E-state index contributed by atoms with van der Waals surface area (Å²) in [5.74, 6) is 0.836. The van der Waals surface area contributed by atoms with Gasteiger partial charge in [0, 0.05) is 38.8 Å². The number of nitrogens with zero attached hydrogens (tertiary/aromatic N) is 2. The van der Waals surface area contributed by atoms with Crippen molar-refractivity contribution in [1.82, 2.24) is 15.1 Å². The summed E-state index contributed by atoms with van der Waals surface area (Å²) >= 11 is 0. The van der Waals surface area contributed by atoms with Crippen molar-refractivity contribution in [3.05, 3.63) is 35.9 Å². The molecule has 3 atom stereocenters. The number of rotatable bonds is 5. The Bertz CT molecular complexity index is 539. The number of hydrogen-bond donors (Lipinski definition) is 1. The maximum atomic E-state index is 12.7. The van der Waals surface area contributed by atoms with Crippen LogP contribution in [0.1, 0.15) is 45.1 Å². The summed E-state index contributed by atoms with van der Waals surface area (Å²) in [5.41, 5.74) is 1.37. The van der Waals surface area contributed by atoms with Crippen LogP contribution in [0.4, 0.5) is 0 Å². The van der Waals surface area contributed by atoms with E-state index in [9.17, 15) is 4.79 Å². The van der Waals surface area contributed by atoms with Crippen molar-refractivity contribution in [1.29, 1.82) is 0 Å². The third-order valence-corrected chi connectivity index (χ3v) is 6.02. The Morgan fingerprint density at radius 3 is 2.48 bits per heavy atom. The molecule has 1 aliphatic heterocycles. The van der Waals surface area contributed by atoms with E-state index in [2.05, 4.69) is 59.3 Å². The molecular weight excluding hydrogens is 310 g/mol. The molecule has 0 unspecified atom stereocenters. The third-order valence-electron chi connectivity index (χ3n) is 6.02. The van der Waals surface area contributed by atoms with Crippen LogP contribution in [-0.2, 0) is 11.3 Å². The fourth-order valence-corrected chi connectivity index (χ4v) is 4.15. The van der Waals surface area contributed by atoms with Gasteiger partial charge in [-0.3, -0.25) is 14.6 Å². The normalized spacial score (nSPS) is 27.0. The minimum atomic E-state index is -0.0204. The molecule has 1 heterocycles. The van der Waals surface area contributed by atoms with E-state index in [0.717, 1.165) is 39.1 Å². The molecule has 1 aromatic carbocycles. The number of piperazine rings is 1. The summed E-state index contributed by atoms with van der Waals surface area (Å²) in [6.07, 6.45) is 4.95. The lowest BCUT2D eigenvalue weighted by Crippen LogP contribution is -2.55. The van der Waals surface area contributed by atoms with Gasteiger partial charge in [-0.2, -0.15) is 0 Å². The Morgan fingerprint density at radius 1 is 1.12 bits per heavy atom. The van der Waals surface area contributed by atoms with Crippen LogP contribution < -0.4 is 5.32 Å². The first-order chi connectivity index (χ1) is 12.1. The molecule has 1 aromatic rings. The largest absolute Gasteiger partial charge is 0.352 e. The summed E-state index contributed by atoms with van der Waals surface area (Å²) in [7, 11) is 0. The van der Waals surface area contributed by atoms with Gasteiger partial charge in [0.1, 0.15) is 0 Å². The van der Waals surface area contributed by atoms with Crippen LogP contribution in [0.5, 0.6) is 0 Å². The first-order valence-electron chi connectivity index (χ1n) is 9.94. The van der Waals surface area contributed by atoms with Gasteiger partial charge in [0.2, 0.25) is 5.91 Å². The summed E-state index contributed by atoms with van der Waals surface area (Å²) in [5, 5.41) is 3.32. The zero-order valence-electron chi connectivity index (χ0n) is 15.8. The van der Waals surface area contributed by atoms with Crippen molar-refractivity contribution < 1.29 is 4.79 Å². The minimum Gasteiger partial charge on any atom is -0.352 e. The second kappa shape index (κ2) is 8.81. The van der Waals surface area contributed by atoms with E-state index < -0.39 is 0 Å². The Labute approximate surface area is 152 Å². The molecule has 1 aliphatic carbocycles. The molecule has 1 saturated carbocycles. The lowest BCUT2D eigenvalue weighted by atomic mass is 9.86. The lowest BCUT2D eigenvalue weighted by Gasteiger charge is -2.38.